The van der Waals surface area contributed by atoms with Crippen molar-refractivity contribution >= 4 is 11.8 Å². The van der Waals surface area contributed by atoms with Crippen LogP contribution in [0.15, 0.2) is 30.3 Å². The summed E-state index contributed by atoms with van der Waals surface area (Å²) in [6.07, 6.45) is 0.277. The number of ether oxygens (including phenoxy) is 2. The number of hydrogen-bond donors (Lipinski definition) is 1. The van der Waals surface area contributed by atoms with Gasteiger partial charge in [0.15, 0.2) is 5.60 Å². The second-order valence-electron chi connectivity index (χ2n) is 5.39. The molecule has 1 saturated heterocycles. The van der Waals surface area contributed by atoms with E-state index in [1.807, 2.05) is 30.3 Å². The van der Waals surface area contributed by atoms with Gasteiger partial charge in [-0.2, -0.15) is 0 Å². The molecule has 1 aromatic rings. The Bertz CT molecular complexity index is 520. The van der Waals surface area contributed by atoms with Gasteiger partial charge in [-0.05, 0) is 19.1 Å². The van der Waals surface area contributed by atoms with Crippen LogP contribution in [0.2, 0.25) is 0 Å². The van der Waals surface area contributed by atoms with Gasteiger partial charge in [0.25, 0.3) is 5.91 Å². The van der Waals surface area contributed by atoms with Gasteiger partial charge in [-0.15, -0.1) is 0 Å². The summed E-state index contributed by atoms with van der Waals surface area (Å²) in [5.41, 5.74) is -0.983. The van der Waals surface area contributed by atoms with E-state index in [0.29, 0.717) is 19.8 Å². The molecule has 0 aromatic heterocycles. The Hall–Kier alpha value is -2.08. The summed E-state index contributed by atoms with van der Waals surface area (Å²) < 4.78 is 11.1. The van der Waals surface area contributed by atoms with Gasteiger partial charge in [0, 0.05) is 13.6 Å². The van der Waals surface area contributed by atoms with Crippen LogP contribution in [0.1, 0.15) is 13.3 Å². The molecule has 1 aliphatic rings. The highest BCUT2D eigenvalue weighted by molar-refractivity contribution is 5.86. The Balaban J connectivity index is 1.83. The summed E-state index contributed by atoms with van der Waals surface area (Å²) in [5, 5.41) is 2.57. The van der Waals surface area contributed by atoms with Crippen molar-refractivity contribution in [1.82, 2.24) is 10.2 Å². The Labute approximate surface area is 130 Å². The number of para-hydroxylation sites is 1. The molecule has 2 rings (SSSR count). The molecule has 1 atom stereocenters. The average Bonchev–Trinajstić information content (AvgIpc) is 2.55. The first kappa shape index (κ1) is 16.3. The van der Waals surface area contributed by atoms with Crippen LogP contribution in [0.5, 0.6) is 5.75 Å². The van der Waals surface area contributed by atoms with Crippen LogP contribution in [-0.4, -0.2) is 55.7 Å². The quantitative estimate of drug-likeness (QED) is 0.874. The van der Waals surface area contributed by atoms with Crippen molar-refractivity contribution in [3.05, 3.63) is 30.3 Å². The number of carbonyl (C=O) groups is 2. The summed E-state index contributed by atoms with van der Waals surface area (Å²) in [5.74, 6) is 0.493. The third kappa shape index (κ3) is 3.98. The molecule has 0 aliphatic carbocycles. The average molecular weight is 306 g/mol. The zero-order valence-corrected chi connectivity index (χ0v) is 13.0. The first-order valence-corrected chi connectivity index (χ1v) is 7.37. The molecule has 1 fully saturated rings. The molecule has 1 aliphatic heterocycles. The highest BCUT2D eigenvalue weighted by Crippen LogP contribution is 2.18. The largest absolute Gasteiger partial charge is 0.493 e. The monoisotopic (exact) mass is 306 g/mol. The van der Waals surface area contributed by atoms with Crippen LogP contribution < -0.4 is 10.1 Å². The van der Waals surface area contributed by atoms with E-state index in [-0.39, 0.29) is 24.8 Å². The molecular weight excluding hydrogens is 284 g/mol. The van der Waals surface area contributed by atoms with Crippen LogP contribution in [0.25, 0.3) is 0 Å². The van der Waals surface area contributed by atoms with E-state index in [1.165, 1.54) is 0 Å². The summed E-state index contributed by atoms with van der Waals surface area (Å²) in [6, 6.07) is 9.37. The maximum absolute atomic E-state index is 12.2. The van der Waals surface area contributed by atoms with Crippen molar-refractivity contribution in [1.29, 1.82) is 0 Å². The lowest BCUT2D eigenvalue weighted by molar-refractivity contribution is -0.162. The Kier molecular flexibility index (Phi) is 5.38. The molecule has 0 unspecified atom stereocenters. The minimum atomic E-state index is -0.983. The standard InChI is InChI=1S/C16H22N2O4/c1-16(15(20)17-2)12-18(9-11-22-16)14(19)8-10-21-13-6-4-3-5-7-13/h3-7H,8-12H2,1-2H3,(H,17,20)/t16-/m0/s1. The lowest BCUT2D eigenvalue weighted by Crippen LogP contribution is -2.58. The van der Waals surface area contributed by atoms with Crippen LogP contribution in [0.3, 0.4) is 0 Å². The topological polar surface area (TPSA) is 67.9 Å². The number of hydrogen-bond acceptors (Lipinski definition) is 4. The number of morpholine rings is 1. The van der Waals surface area contributed by atoms with Crippen molar-refractivity contribution < 1.29 is 19.1 Å². The lowest BCUT2D eigenvalue weighted by atomic mass is 10.0. The summed E-state index contributed by atoms with van der Waals surface area (Å²) >= 11 is 0. The smallest absolute Gasteiger partial charge is 0.253 e. The van der Waals surface area contributed by atoms with E-state index in [1.54, 1.807) is 18.9 Å². The summed E-state index contributed by atoms with van der Waals surface area (Å²) in [4.78, 5) is 25.8. The fraction of sp³-hybridized carbons (Fsp3) is 0.500. The molecule has 120 valence electrons. The molecule has 0 bridgehead atoms. The second-order valence-corrected chi connectivity index (χ2v) is 5.39. The van der Waals surface area contributed by atoms with Crippen molar-refractivity contribution in [3.8, 4) is 5.75 Å². The molecule has 1 aromatic carbocycles. The lowest BCUT2D eigenvalue weighted by Gasteiger charge is -2.39. The predicted molar refractivity (Wildman–Crippen MR) is 81.6 cm³/mol. The van der Waals surface area contributed by atoms with E-state index < -0.39 is 5.60 Å². The van der Waals surface area contributed by atoms with E-state index in [2.05, 4.69) is 5.32 Å². The number of amides is 2. The normalized spacial score (nSPS) is 21.3. The van der Waals surface area contributed by atoms with E-state index >= 15 is 0 Å². The first-order chi connectivity index (χ1) is 10.5. The summed E-state index contributed by atoms with van der Waals surface area (Å²) in [7, 11) is 1.56. The van der Waals surface area contributed by atoms with Crippen LogP contribution in [-0.2, 0) is 14.3 Å². The molecule has 1 N–H and O–H groups in total. The first-order valence-electron chi connectivity index (χ1n) is 7.37. The Morgan fingerprint density at radius 1 is 1.36 bits per heavy atom. The zero-order valence-electron chi connectivity index (χ0n) is 13.0. The van der Waals surface area contributed by atoms with Crippen molar-refractivity contribution in [2.45, 2.75) is 18.9 Å². The Morgan fingerprint density at radius 2 is 2.09 bits per heavy atom. The highest BCUT2D eigenvalue weighted by Gasteiger charge is 2.39. The molecule has 0 saturated carbocycles. The van der Waals surface area contributed by atoms with E-state index in [0.717, 1.165) is 5.75 Å². The molecule has 6 heteroatoms. The van der Waals surface area contributed by atoms with Crippen LogP contribution >= 0.6 is 0 Å². The van der Waals surface area contributed by atoms with Gasteiger partial charge >= 0.3 is 0 Å². The van der Waals surface area contributed by atoms with Gasteiger partial charge in [0.2, 0.25) is 5.91 Å². The zero-order chi connectivity index (χ0) is 16.0. The van der Waals surface area contributed by atoms with Crippen LogP contribution in [0, 0.1) is 0 Å². The predicted octanol–water partition coefficient (Wildman–Crippen LogP) is 0.819. The van der Waals surface area contributed by atoms with Crippen molar-refractivity contribution in [3.63, 3.8) is 0 Å². The van der Waals surface area contributed by atoms with Gasteiger partial charge in [-0.1, -0.05) is 18.2 Å². The third-order valence-electron chi connectivity index (χ3n) is 3.66. The minimum absolute atomic E-state index is 0.0330. The van der Waals surface area contributed by atoms with Crippen molar-refractivity contribution in [2.75, 3.05) is 33.4 Å². The van der Waals surface area contributed by atoms with Crippen LogP contribution in [0.4, 0.5) is 0 Å². The van der Waals surface area contributed by atoms with E-state index in [9.17, 15) is 9.59 Å². The number of benzene rings is 1. The van der Waals surface area contributed by atoms with Gasteiger partial charge in [-0.3, -0.25) is 9.59 Å². The minimum Gasteiger partial charge on any atom is -0.493 e. The maximum atomic E-state index is 12.2. The highest BCUT2D eigenvalue weighted by atomic mass is 16.5. The SMILES string of the molecule is CNC(=O)[C@]1(C)CN(C(=O)CCOc2ccccc2)CCO1. The number of nitrogens with one attached hydrogen (secondary N) is 1. The number of likely N-dealkylation sites (N-methyl/N-ethyl adjacent to an activating group) is 1. The molecule has 0 spiro atoms. The van der Waals surface area contributed by atoms with Gasteiger partial charge in [0.05, 0.1) is 26.2 Å². The summed E-state index contributed by atoms with van der Waals surface area (Å²) in [6.45, 7) is 3.13. The third-order valence-corrected chi connectivity index (χ3v) is 3.66. The molecule has 2 amide bonds. The molecule has 6 nitrogen and oxygen atoms in total. The van der Waals surface area contributed by atoms with Gasteiger partial charge in [-0.25, -0.2) is 0 Å². The molecule has 1 heterocycles. The molecule has 22 heavy (non-hydrogen) atoms. The van der Waals surface area contributed by atoms with Gasteiger partial charge < -0.3 is 19.7 Å². The number of nitrogens with zero attached hydrogens (tertiary/aromatic N) is 1. The number of rotatable bonds is 5. The van der Waals surface area contributed by atoms with E-state index in [4.69, 9.17) is 9.47 Å². The van der Waals surface area contributed by atoms with Gasteiger partial charge in [0.1, 0.15) is 5.75 Å². The van der Waals surface area contributed by atoms with Crippen molar-refractivity contribution in [2.24, 2.45) is 0 Å². The Morgan fingerprint density at radius 3 is 2.77 bits per heavy atom. The fourth-order valence-electron chi connectivity index (χ4n) is 2.42. The maximum Gasteiger partial charge on any atom is 0.253 e. The number of carbonyl (C=O) groups excluding carboxylic acids is 2. The second kappa shape index (κ2) is 7.26. The molecule has 0 radical (unpaired) electrons. The fourth-order valence-corrected chi connectivity index (χ4v) is 2.42. The molecular formula is C16H22N2O4.